The Morgan fingerprint density at radius 3 is 2.62 bits per heavy atom. The van der Waals surface area contributed by atoms with Crippen LogP contribution in [0.15, 0.2) is 29.8 Å². The summed E-state index contributed by atoms with van der Waals surface area (Å²) in [7, 11) is 0. The fourth-order valence-corrected chi connectivity index (χ4v) is 2.24. The molecule has 0 aliphatic heterocycles. The van der Waals surface area contributed by atoms with Gasteiger partial charge in [-0.15, -0.1) is 11.3 Å². The van der Waals surface area contributed by atoms with Gasteiger partial charge >= 0.3 is 0 Å². The molecule has 2 rings (SSSR count). The maximum Gasteiger partial charge on any atom is 0.265 e. The van der Waals surface area contributed by atoms with Crippen LogP contribution in [0.3, 0.4) is 0 Å². The van der Waals surface area contributed by atoms with Gasteiger partial charge in [0.1, 0.15) is 5.82 Å². The number of pyridine rings is 1. The maximum atomic E-state index is 12.0. The molecule has 5 nitrogen and oxygen atoms in total. The Morgan fingerprint density at radius 1 is 1.29 bits per heavy atom. The van der Waals surface area contributed by atoms with Crippen LogP contribution in [-0.2, 0) is 4.79 Å². The van der Waals surface area contributed by atoms with Crippen molar-refractivity contribution in [3.63, 3.8) is 0 Å². The molecule has 2 aromatic rings. The first-order valence-corrected chi connectivity index (χ1v) is 7.47. The first-order chi connectivity index (χ1) is 9.97. The third-order valence-electron chi connectivity index (χ3n) is 2.88. The zero-order valence-corrected chi connectivity index (χ0v) is 13.0. The lowest BCUT2D eigenvalue weighted by Crippen LogP contribution is -2.19. The molecule has 2 aromatic heterocycles. The van der Waals surface area contributed by atoms with E-state index in [4.69, 9.17) is 0 Å². The van der Waals surface area contributed by atoms with Gasteiger partial charge < -0.3 is 10.6 Å². The fourth-order valence-electron chi connectivity index (χ4n) is 1.62. The van der Waals surface area contributed by atoms with Crippen LogP contribution < -0.4 is 10.6 Å². The minimum atomic E-state index is -0.158. The Kier molecular flexibility index (Phi) is 4.70. The summed E-state index contributed by atoms with van der Waals surface area (Å²) >= 11 is 1.38. The van der Waals surface area contributed by atoms with Gasteiger partial charge in [-0.3, -0.25) is 9.59 Å². The van der Waals surface area contributed by atoms with Crippen LogP contribution in [0, 0.1) is 12.8 Å². The van der Waals surface area contributed by atoms with Crippen molar-refractivity contribution < 1.29 is 9.59 Å². The third-order valence-corrected chi connectivity index (χ3v) is 3.75. The van der Waals surface area contributed by atoms with Crippen LogP contribution in [0.4, 0.5) is 11.5 Å². The third kappa shape index (κ3) is 3.88. The molecule has 0 saturated heterocycles. The second kappa shape index (κ2) is 6.49. The van der Waals surface area contributed by atoms with Crippen LogP contribution in [0.5, 0.6) is 0 Å². The van der Waals surface area contributed by atoms with Crippen LogP contribution in [-0.4, -0.2) is 16.8 Å². The zero-order chi connectivity index (χ0) is 15.4. The maximum absolute atomic E-state index is 12.0. The van der Waals surface area contributed by atoms with E-state index < -0.39 is 0 Å². The van der Waals surface area contributed by atoms with E-state index in [9.17, 15) is 9.59 Å². The van der Waals surface area contributed by atoms with Gasteiger partial charge in [0.15, 0.2) is 0 Å². The molecular formula is C15H17N3O2S. The quantitative estimate of drug-likeness (QED) is 0.910. The van der Waals surface area contributed by atoms with Crippen molar-refractivity contribution in [2.24, 2.45) is 5.92 Å². The van der Waals surface area contributed by atoms with Crippen molar-refractivity contribution in [3.05, 3.63) is 40.2 Å². The number of amides is 2. The Bertz CT molecular complexity index is 651. The highest BCUT2D eigenvalue weighted by Crippen LogP contribution is 2.19. The molecular weight excluding hydrogens is 286 g/mol. The number of carbonyl (C=O) groups is 2. The van der Waals surface area contributed by atoms with Gasteiger partial charge in [-0.05, 0) is 30.0 Å². The molecule has 2 amide bonds. The Labute approximate surface area is 127 Å². The molecule has 21 heavy (non-hydrogen) atoms. The number of anilines is 2. The van der Waals surface area contributed by atoms with Crippen LogP contribution >= 0.6 is 11.3 Å². The van der Waals surface area contributed by atoms with Crippen molar-refractivity contribution >= 4 is 34.7 Å². The second-order valence-electron chi connectivity index (χ2n) is 4.96. The number of hydrogen-bond acceptors (Lipinski definition) is 4. The van der Waals surface area contributed by atoms with Crippen LogP contribution in [0.25, 0.3) is 0 Å². The summed E-state index contributed by atoms with van der Waals surface area (Å²) in [5, 5.41) is 7.39. The number of nitrogens with zero attached hydrogens (tertiary/aromatic N) is 1. The van der Waals surface area contributed by atoms with E-state index in [1.807, 2.05) is 32.2 Å². The van der Waals surface area contributed by atoms with Crippen molar-refractivity contribution in [2.45, 2.75) is 20.8 Å². The first kappa shape index (κ1) is 15.2. The SMILES string of the molecule is Cc1cc(NC(=O)C(C)C)ncc1NC(=O)c1cccs1. The van der Waals surface area contributed by atoms with Gasteiger partial charge in [-0.2, -0.15) is 0 Å². The molecule has 0 aliphatic carbocycles. The van der Waals surface area contributed by atoms with Crippen LogP contribution in [0.1, 0.15) is 29.1 Å². The molecule has 0 unspecified atom stereocenters. The fraction of sp³-hybridized carbons (Fsp3) is 0.267. The molecule has 2 heterocycles. The van der Waals surface area contributed by atoms with Gasteiger partial charge in [0.2, 0.25) is 5.91 Å². The highest BCUT2D eigenvalue weighted by molar-refractivity contribution is 7.12. The lowest BCUT2D eigenvalue weighted by molar-refractivity contribution is -0.118. The number of aromatic nitrogens is 1. The number of carbonyl (C=O) groups excluding carboxylic acids is 2. The molecule has 0 spiro atoms. The number of hydrogen-bond donors (Lipinski definition) is 2. The average molecular weight is 303 g/mol. The Hall–Kier alpha value is -2.21. The summed E-state index contributed by atoms with van der Waals surface area (Å²) in [6, 6.07) is 5.33. The standard InChI is InChI=1S/C15H17N3O2S/c1-9(2)14(19)18-13-7-10(3)11(8-16-13)17-15(20)12-5-4-6-21-12/h4-9H,1-3H3,(H,17,20)(H,16,18,19). The lowest BCUT2D eigenvalue weighted by Gasteiger charge is -2.11. The molecule has 110 valence electrons. The Balaban J connectivity index is 2.09. The summed E-state index contributed by atoms with van der Waals surface area (Å²) in [4.78, 5) is 28.4. The van der Waals surface area contributed by atoms with Gasteiger partial charge in [-0.25, -0.2) is 4.98 Å². The lowest BCUT2D eigenvalue weighted by atomic mass is 10.2. The Morgan fingerprint density at radius 2 is 2.05 bits per heavy atom. The van der Waals surface area contributed by atoms with Gasteiger partial charge in [0.25, 0.3) is 5.91 Å². The van der Waals surface area contributed by atoms with E-state index in [1.54, 1.807) is 18.3 Å². The topological polar surface area (TPSA) is 71.1 Å². The van der Waals surface area contributed by atoms with Gasteiger partial charge in [0.05, 0.1) is 16.8 Å². The predicted octanol–water partition coefficient (Wildman–Crippen LogP) is 3.30. The normalized spacial score (nSPS) is 10.5. The number of thiophene rings is 1. The highest BCUT2D eigenvalue weighted by atomic mass is 32.1. The predicted molar refractivity (Wildman–Crippen MR) is 84.7 cm³/mol. The average Bonchev–Trinajstić information content (AvgIpc) is 2.95. The minimum Gasteiger partial charge on any atom is -0.320 e. The van der Waals surface area contributed by atoms with E-state index in [0.717, 1.165) is 5.56 Å². The smallest absolute Gasteiger partial charge is 0.265 e. The van der Waals surface area contributed by atoms with E-state index in [1.165, 1.54) is 11.3 Å². The molecule has 0 aliphatic rings. The largest absolute Gasteiger partial charge is 0.320 e. The summed E-state index contributed by atoms with van der Waals surface area (Å²) in [6.45, 7) is 5.49. The molecule has 0 radical (unpaired) electrons. The summed E-state index contributed by atoms with van der Waals surface area (Å²) in [5.41, 5.74) is 1.48. The molecule has 0 bridgehead atoms. The van der Waals surface area contributed by atoms with Crippen molar-refractivity contribution in [3.8, 4) is 0 Å². The highest BCUT2D eigenvalue weighted by Gasteiger charge is 2.11. The summed E-state index contributed by atoms with van der Waals surface area (Å²) in [5.74, 6) is 0.136. The molecule has 0 atom stereocenters. The van der Waals surface area contributed by atoms with Crippen LogP contribution in [0.2, 0.25) is 0 Å². The zero-order valence-electron chi connectivity index (χ0n) is 12.1. The van der Waals surface area contributed by atoms with E-state index >= 15 is 0 Å². The van der Waals surface area contributed by atoms with Gasteiger partial charge in [-0.1, -0.05) is 19.9 Å². The number of rotatable bonds is 4. The molecule has 0 saturated carbocycles. The van der Waals surface area contributed by atoms with E-state index in [2.05, 4.69) is 15.6 Å². The molecule has 2 N–H and O–H groups in total. The van der Waals surface area contributed by atoms with Crippen molar-refractivity contribution in [2.75, 3.05) is 10.6 Å². The molecule has 6 heteroatoms. The molecule has 0 fully saturated rings. The summed E-state index contributed by atoms with van der Waals surface area (Å²) in [6.07, 6.45) is 1.55. The minimum absolute atomic E-state index is 0.0859. The second-order valence-corrected chi connectivity index (χ2v) is 5.91. The van der Waals surface area contributed by atoms with Crippen molar-refractivity contribution in [1.29, 1.82) is 0 Å². The number of aryl methyl sites for hydroxylation is 1. The molecule has 0 aromatic carbocycles. The first-order valence-electron chi connectivity index (χ1n) is 6.59. The van der Waals surface area contributed by atoms with E-state index in [-0.39, 0.29) is 17.7 Å². The summed E-state index contributed by atoms with van der Waals surface area (Å²) < 4.78 is 0. The monoisotopic (exact) mass is 303 g/mol. The van der Waals surface area contributed by atoms with Crippen molar-refractivity contribution in [1.82, 2.24) is 4.98 Å². The van der Waals surface area contributed by atoms with E-state index in [0.29, 0.717) is 16.4 Å². The van der Waals surface area contributed by atoms with Gasteiger partial charge in [0, 0.05) is 5.92 Å². The number of nitrogens with one attached hydrogen (secondary N) is 2.